The summed E-state index contributed by atoms with van der Waals surface area (Å²) in [7, 11) is 0. The predicted octanol–water partition coefficient (Wildman–Crippen LogP) is 17.6. The van der Waals surface area contributed by atoms with Crippen molar-refractivity contribution in [3.63, 3.8) is 0 Å². The lowest BCUT2D eigenvalue weighted by molar-refractivity contribution is -0.143. The number of hydrogen-bond donors (Lipinski definition) is 3. The first-order valence-corrected chi connectivity index (χ1v) is 28.8. The molecule has 2 unspecified atom stereocenters. The highest BCUT2D eigenvalue weighted by Crippen LogP contribution is 2.16. The van der Waals surface area contributed by atoms with Gasteiger partial charge in [-0.2, -0.15) is 0 Å². The Bertz CT molecular complexity index is 1060. The number of esters is 1. The van der Waals surface area contributed by atoms with Crippen LogP contribution in [0.3, 0.4) is 0 Å². The van der Waals surface area contributed by atoms with Gasteiger partial charge in [0, 0.05) is 12.8 Å². The Kier molecular flexibility index (Phi) is 53.1. The number of carbonyl (C=O) groups excluding carboxylic acids is 2. The van der Waals surface area contributed by atoms with Gasteiger partial charge in [0.05, 0.1) is 25.4 Å². The van der Waals surface area contributed by atoms with E-state index in [2.05, 4.69) is 43.5 Å². The molecule has 3 N–H and O–H groups in total. The van der Waals surface area contributed by atoms with E-state index >= 15 is 0 Å². The van der Waals surface area contributed by atoms with Crippen LogP contribution in [0.1, 0.15) is 303 Å². The highest BCUT2D eigenvalue weighted by atomic mass is 16.5. The number of ether oxygens (including phenoxy) is 1. The lowest BCUT2D eigenvalue weighted by atomic mass is 10.0. The first-order valence-electron chi connectivity index (χ1n) is 28.8. The van der Waals surface area contributed by atoms with Crippen molar-refractivity contribution in [2.24, 2.45) is 0 Å². The molecular weight excluding hydrogens is 803 g/mol. The van der Waals surface area contributed by atoms with Crippen LogP contribution >= 0.6 is 0 Å². The predicted molar refractivity (Wildman–Crippen MR) is 283 cm³/mol. The van der Waals surface area contributed by atoms with Crippen molar-refractivity contribution in [2.75, 3.05) is 13.2 Å². The summed E-state index contributed by atoms with van der Waals surface area (Å²) >= 11 is 0. The summed E-state index contributed by atoms with van der Waals surface area (Å²) in [6, 6.07) is -0.633. The van der Waals surface area contributed by atoms with Crippen LogP contribution in [-0.4, -0.2) is 47.4 Å². The molecule has 65 heavy (non-hydrogen) atoms. The summed E-state index contributed by atoms with van der Waals surface area (Å²) in [4.78, 5) is 24.5. The summed E-state index contributed by atoms with van der Waals surface area (Å²) in [5.41, 5.74) is 0. The third-order valence-corrected chi connectivity index (χ3v) is 13.1. The van der Waals surface area contributed by atoms with E-state index in [0.717, 1.165) is 51.4 Å². The Labute approximate surface area is 404 Å². The van der Waals surface area contributed by atoms with Gasteiger partial charge in [0.1, 0.15) is 0 Å². The van der Waals surface area contributed by atoms with E-state index in [0.29, 0.717) is 19.4 Å². The van der Waals surface area contributed by atoms with Crippen LogP contribution in [0.5, 0.6) is 0 Å². The van der Waals surface area contributed by atoms with Gasteiger partial charge in [-0.1, -0.05) is 243 Å². The van der Waals surface area contributed by atoms with Crippen LogP contribution < -0.4 is 5.32 Å². The molecule has 382 valence electrons. The minimum atomic E-state index is -0.848. The Balaban J connectivity index is 3.44. The Morgan fingerprint density at radius 3 is 1.09 bits per heavy atom. The number of unbranched alkanes of at least 4 members (excludes halogenated alkanes) is 38. The smallest absolute Gasteiger partial charge is 0.305 e. The molecule has 6 nitrogen and oxygen atoms in total. The van der Waals surface area contributed by atoms with Gasteiger partial charge < -0.3 is 20.3 Å². The lowest BCUT2D eigenvalue weighted by Gasteiger charge is -2.20. The standard InChI is InChI=1S/C59H111NO5/c1-3-5-7-9-11-13-15-17-25-29-33-37-41-45-49-53-59(64)65-54-50-46-42-38-34-30-27-24-22-20-18-19-21-23-26-28-32-36-40-44-48-52-58(63)60-56(55-61)57(62)51-47-43-39-35-31-16-14-12-10-8-6-4-2/h17,19,21,25,47,51,56-57,61-62H,3-16,18,20,22-24,26-46,48-50,52-55H2,1-2H3,(H,60,63)/b21-19-,25-17-,51-47+. The number of carbonyl (C=O) groups is 2. The van der Waals surface area contributed by atoms with Crippen molar-refractivity contribution in [1.29, 1.82) is 0 Å². The first kappa shape index (κ1) is 63.1. The third kappa shape index (κ3) is 51.3. The second-order valence-corrected chi connectivity index (χ2v) is 19.6. The normalized spacial score (nSPS) is 12.9. The summed E-state index contributed by atoms with van der Waals surface area (Å²) in [6.07, 6.45) is 67.4. The quantitative estimate of drug-likeness (QED) is 0.0321. The maximum absolute atomic E-state index is 12.4. The zero-order valence-electron chi connectivity index (χ0n) is 43.5. The van der Waals surface area contributed by atoms with Gasteiger partial charge in [0.25, 0.3) is 0 Å². The highest BCUT2D eigenvalue weighted by Gasteiger charge is 2.18. The van der Waals surface area contributed by atoms with Crippen molar-refractivity contribution < 1.29 is 24.5 Å². The number of aliphatic hydroxyl groups is 2. The van der Waals surface area contributed by atoms with E-state index in [4.69, 9.17) is 4.74 Å². The van der Waals surface area contributed by atoms with E-state index in [1.807, 2.05) is 6.08 Å². The Hall–Kier alpha value is -1.92. The minimum Gasteiger partial charge on any atom is -0.466 e. The zero-order chi connectivity index (χ0) is 47.2. The molecule has 0 saturated heterocycles. The van der Waals surface area contributed by atoms with Gasteiger partial charge in [-0.3, -0.25) is 9.59 Å². The lowest BCUT2D eigenvalue weighted by Crippen LogP contribution is -2.45. The molecule has 0 rings (SSSR count). The van der Waals surface area contributed by atoms with Gasteiger partial charge in [0.15, 0.2) is 0 Å². The molecular formula is C59H111NO5. The second-order valence-electron chi connectivity index (χ2n) is 19.6. The van der Waals surface area contributed by atoms with Crippen molar-refractivity contribution >= 4 is 11.9 Å². The number of allylic oxidation sites excluding steroid dienone is 5. The number of nitrogens with one attached hydrogen (secondary N) is 1. The van der Waals surface area contributed by atoms with Crippen LogP contribution in [0.2, 0.25) is 0 Å². The zero-order valence-corrected chi connectivity index (χ0v) is 43.5. The molecule has 0 aliphatic carbocycles. The topological polar surface area (TPSA) is 95.9 Å². The van der Waals surface area contributed by atoms with Crippen LogP contribution in [-0.2, 0) is 14.3 Å². The molecule has 1 amide bonds. The highest BCUT2D eigenvalue weighted by molar-refractivity contribution is 5.76. The van der Waals surface area contributed by atoms with Crippen LogP contribution in [0, 0.1) is 0 Å². The molecule has 0 spiro atoms. The number of rotatable bonds is 53. The Morgan fingerprint density at radius 2 is 0.723 bits per heavy atom. The van der Waals surface area contributed by atoms with Crippen LogP contribution in [0.25, 0.3) is 0 Å². The molecule has 0 aliphatic rings. The van der Waals surface area contributed by atoms with Gasteiger partial charge in [-0.15, -0.1) is 0 Å². The summed E-state index contributed by atoms with van der Waals surface area (Å²) in [6.45, 7) is 4.88. The monoisotopic (exact) mass is 914 g/mol. The minimum absolute atomic E-state index is 0.000719. The van der Waals surface area contributed by atoms with E-state index in [9.17, 15) is 19.8 Å². The molecule has 0 aromatic heterocycles. The SMILES string of the molecule is CCCCCCCC/C=C\CCCCCCCC(=O)OCCCCCCCCCCCC/C=C\CCCCCCCCCC(=O)NC(CO)C(O)/C=C/CCCCCCCCCCCC. The number of aliphatic hydroxyl groups excluding tert-OH is 2. The summed E-state index contributed by atoms with van der Waals surface area (Å²) in [5, 5.41) is 23.0. The molecule has 0 radical (unpaired) electrons. The van der Waals surface area contributed by atoms with Crippen molar-refractivity contribution in [2.45, 2.75) is 315 Å². The van der Waals surface area contributed by atoms with Crippen LogP contribution in [0.15, 0.2) is 36.5 Å². The van der Waals surface area contributed by atoms with Crippen molar-refractivity contribution in [1.82, 2.24) is 5.32 Å². The van der Waals surface area contributed by atoms with E-state index in [1.165, 1.54) is 225 Å². The molecule has 0 saturated carbocycles. The second kappa shape index (κ2) is 54.7. The number of hydrogen-bond acceptors (Lipinski definition) is 5. The van der Waals surface area contributed by atoms with Gasteiger partial charge in [0.2, 0.25) is 5.91 Å². The van der Waals surface area contributed by atoms with E-state index < -0.39 is 12.1 Å². The molecule has 2 atom stereocenters. The summed E-state index contributed by atoms with van der Waals surface area (Å²) in [5.74, 6) is -0.0775. The van der Waals surface area contributed by atoms with Crippen molar-refractivity contribution in [3.05, 3.63) is 36.5 Å². The Morgan fingerprint density at radius 1 is 0.415 bits per heavy atom. The molecule has 6 heteroatoms. The molecule has 0 aromatic rings. The first-order chi connectivity index (χ1) is 32.0. The fourth-order valence-corrected chi connectivity index (χ4v) is 8.68. The van der Waals surface area contributed by atoms with E-state index in [-0.39, 0.29) is 18.5 Å². The summed E-state index contributed by atoms with van der Waals surface area (Å²) < 4.78 is 5.47. The third-order valence-electron chi connectivity index (χ3n) is 13.1. The molecule has 0 aromatic carbocycles. The number of amides is 1. The fourth-order valence-electron chi connectivity index (χ4n) is 8.68. The molecule has 0 fully saturated rings. The maximum atomic E-state index is 12.4. The maximum Gasteiger partial charge on any atom is 0.305 e. The van der Waals surface area contributed by atoms with Gasteiger partial charge in [-0.05, 0) is 83.5 Å². The van der Waals surface area contributed by atoms with Crippen molar-refractivity contribution in [3.8, 4) is 0 Å². The van der Waals surface area contributed by atoms with Gasteiger partial charge in [-0.25, -0.2) is 0 Å². The average molecular weight is 915 g/mol. The molecule has 0 heterocycles. The molecule has 0 bridgehead atoms. The molecule has 0 aliphatic heterocycles. The van der Waals surface area contributed by atoms with Gasteiger partial charge >= 0.3 is 5.97 Å². The average Bonchev–Trinajstić information content (AvgIpc) is 3.31. The van der Waals surface area contributed by atoms with E-state index in [1.54, 1.807) is 6.08 Å². The van der Waals surface area contributed by atoms with Crippen LogP contribution in [0.4, 0.5) is 0 Å². The largest absolute Gasteiger partial charge is 0.466 e. The fraction of sp³-hybridized carbons (Fsp3) is 0.864.